The predicted molar refractivity (Wildman–Crippen MR) is 81.8 cm³/mol. The Bertz CT molecular complexity index is 598. The van der Waals surface area contributed by atoms with Gasteiger partial charge in [0.25, 0.3) is 0 Å². The van der Waals surface area contributed by atoms with Gasteiger partial charge in [-0.15, -0.1) is 0 Å². The van der Waals surface area contributed by atoms with E-state index in [9.17, 15) is 5.11 Å². The first kappa shape index (κ1) is 14.9. The van der Waals surface area contributed by atoms with Gasteiger partial charge in [0.1, 0.15) is 18.5 Å². The third kappa shape index (κ3) is 3.32. The highest BCUT2D eigenvalue weighted by Crippen LogP contribution is 2.21. The summed E-state index contributed by atoms with van der Waals surface area (Å²) in [7, 11) is 0. The van der Waals surface area contributed by atoms with Crippen LogP contribution in [0.2, 0.25) is 0 Å². The van der Waals surface area contributed by atoms with Crippen LogP contribution in [0.5, 0.6) is 5.75 Å². The zero-order valence-electron chi connectivity index (χ0n) is 11.5. The number of rotatable bonds is 5. The first-order valence-electron chi connectivity index (χ1n) is 6.34. The number of ether oxygens (including phenoxy) is 1. The minimum atomic E-state index is -0.653. The number of nitrogen functional groups attached to an aromatic ring is 1. The van der Waals surface area contributed by atoms with Crippen molar-refractivity contribution in [3.63, 3.8) is 0 Å². The molecule has 1 atom stereocenters. The van der Waals surface area contributed by atoms with Crippen molar-refractivity contribution in [2.24, 2.45) is 0 Å². The quantitative estimate of drug-likeness (QED) is 0.819. The standard InChI is InChI=1S/C14H18BrN3O2/c1-9-14(15)10(2)18(17-9)7-11(19)8-20-13-6-4-3-5-12(13)16/h3-6,11,19H,7-8,16H2,1-2H3. The van der Waals surface area contributed by atoms with E-state index in [2.05, 4.69) is 21.0 Å². The number of halogens is 1. The Morgan fingerprint density at radius 1 is 1.40 bits per heavy atom. The fraction of sp³-hybridized carbons (Fsp3) is 0.357. The van der Waals surface area contributed by atoms with Gasteiger partial charge in [0, 0.05) is 5.69 Å². The average molecular weight is 340 g/mol. The molecule has 1 unspecified atom stereocenters. The number of hydrogen-bond acceptors (Lipinski definition) is 4. The predicted octanol–water partition coefficient (Wildman–Crippen LogP) is 2.28. The lowest BCUT2D eigenvalue weighted by Gasteiger charge is -2.14. The maximum absolute atomic E-state index is 10.0. The second kappa shape index (κ2) is 6.28. The molecule has 0 saturated heterocycles. The van der Waals surface area contributed by atoms with Crippen molar-refractivity contribution in [1.29, 1.82) is 0 Å². The Labute approximate surface area is 126 Å². The Hall–Kier alpha value is -1.53. The van der Waals surface area contributed by atoms with Crippen molar-refractivity contribution < 1.29 is 9.84 Å². The molecule has 1 aromatic carbocycles. The van der Waals surface area contributed by atoms with E-state index in [1.54, 1.807) is 16.8 Å². The molecule has 0 fully saturated rings. The van der Waals surface area contributed by atoms with E-state index in [-0.39, 0.29) is 6.61 Å². The van der Waals surface area contributed by atoms with Gasteiger partial charge >= 0.3 is 0 Å². The van der Waals surface area contributed by atoms with Gasteiger partial charge in [-0.25, -0.2) is 0 Å². The van der Waals surface area contributed by atoms with Gasteiger partial charge in [0.05, 0.1) is 22.4 Å². The third-order valence-corrected chi connectivity index (χ3v) is 4.17. The monoisotopic (exact) mass is 339 g/mol. The van der Waals surface area contributed by atoms with Gasteiger partial charge in [-0.2, -0.15) is 5.10 Å². The third-order valence-electron chi connectivity index (χ3n) is 3.03. The van der Waals surface area contributed by atoms with E-state index in [1.807, 2.05) is 26.0 Å². The summed E-state index contributed by atoms with van der Waals surface area (Å²) in [5.74, 6) is 0.584. The molecule has 0 aliphatic heterocycles. The van der Waals surface area contributed by atoms with Crippen LogP contribution in [0.15, 0.2) is 28.7 Å². The molecule has 0 aliphatic rings. The number of hydrogen-bond donors (Lipinski definition) is 2. The second-order valence-electron chi connectivity index (χ2n) is 4.67. The van der Waals surface area contributed by atoms with Crippen molar-refractivity contribution in [3.8, 4) is 5.75 Å². The number of benzene rings is 1. The average Bonchev–Trinajstić information content (AvgIpc) is 2.65. The molecule has 0 bridgehead atoms. The number of aliphatic hydroxyl groups is 1. The topological polar surface area (TPSA) is 73.3 Å². The summed E-state index contributed by atoms with van der Waals surface area (Å²) >= 11 is 3.46. The van der Waals surface area contributed by atoms with Crippen LogP contribution >= 0.6 is 15.9 Å². The van der Waals surface area contributed by atoms with Crippen molar-refractivity contribution in [2.45, 2.75) is 26.5 Å². The zero-order chi connectivity index (χ0) is 14.7. The molecule has 1 heterocycles. The fourth-order valence-corrected chi connectivity index (χ4v) is 2.19. The van der Waals surface area contributed by atoms with E-state index >= 15 is 0 Å². The summed E-state index contributed by atoms with van der Waals surface area (Å²) < 4.78 is 8.26. The number of nitrogens with zero attached hydrogens (tertiary/aromatic N) is 2. The Morgan fingerprint density at radius 3 is 2.70 bits per heavy atom. The number of para-hydroxylation sites is 2. The molecule has 0 aliphatic carbocycles. The molecule has 3 N–H and O–H groups in total. The van der Waals surface area contributed by atoms with Gasteiger partial charge in [-0.05, 0) is 41.9 Å². The Morgan fingerprint density at radius 2 is 2.10 bits per heavy atom. The molecule has 108 valence electrons. The number of nitrogens with two attached hydrogens (primary N) is 1. The minimum Gasteiger partial charge on any atom is -0.489 e. The first-order chi connectivity index (χ1) is 9.49. The lowest BCUT2D eigenvalue weighted by molar-refractivity contribution is 0.0890. The highest BCUT2D eigenvalue weighted by atomic mass is 79.9. The van der Waals surface area contributed by atoms with Crippen LogP contribution in [0, 0.1) is 13.8 Å². The lowest BCUT2D eigenvalue weighted by Crippen LogP contribution is -2.25. The molecular formula is C14H18BrN3O2. The number of anilines is 1. The SMILES string of the molecule is Cc1nn(CC(O)COc2ccccc2N)c(C)c1Br. The van der Waals surface area contributed by atoms with E-state index in [0.29, 0.717) is 18.0 Å². The van der Waals surface area contributed by atoms with Crippen LogP contribution in [-0.4, -0.2) is 27.6 Å². The van der Waals surface area contributed by atoms with Crippen molar-refractivity contribution >= 4 is 21.6 Å². The molecule has 0 amide bonds. The molecule has 1 aromatic heterocycles. The Balaban J connectivity index is 1.94. The van der Waals surface area contributed by atoms with Crippen molar-refractivity contribution in [2.75, 3.05) is 12.3 Å². The van der Waals surface area contributed by atoms with E-state index in [0.717, 1.165) is 15.9 Å². The van der Waals surface area contributed by atoms with E-state index in [1.165, 1.54) is 0 Å². The normalized spacial score (nSPS) is 12.4. The number of aryl methyl sites for hydroxylation is 1. The van der Waals surface area contributed by atoms with Crippen LogP contribution in [0.25, 0.3) is 0 Å². The van der Waals surface area contributed by atoms with Gasteiger partial charge in [0.15, 0.2) is 0 Å². The molecule has 2 rings (SSSR count). The summed E-state index contributed by atoms with van der Waals surface area (Å²) in [5, 5.41) is 14.4. The van der Waals surface area contributed by atoms with Gasteiger partial charge < -0.3 is 15.6 Å². The van der Waals surface area contributed by atoms with Crippen LogP contribution in [0.3, 0.4) is 0 Å². The molecule has 0 radical (unpaired) electrons. The molecule has 20 heavy (non-hydrogen) atoms. The number of aromatic nitrogens is 2. The first-order valence-corrected chi connectivity index (χ1v) is 7.13. The second-order valence-corrected chi connectivity index (χ2v) is 5.46. The van der Waals surface area contributed by atoms with Gasteiger partial charge in [-0.1, -0.05) is 12.1 Å². The van der Waals surface area contributed by atoms with E-state index < -0.39 is 6.10 Å². The minimum absolute atomic E-state index is 0.171. The van der Waals surface area contributed by atoms with Crippen molar-refractivity contribution in [3.05, 3.63) is 40.1 Å². The van der Waals surface area contributed by atoms with Crippen LogP contribution < -0.4 is 10.5 Å². The molecule has 2 aromatic rings. The molecule has 0 spiro atoms. The summed E-state index contributed by atoms with van der Waals surface area (Å²) in [4.78, 5) is 0. The number of aliphatic hydroxyl groups excluding tert-OH is 1. The molecule has 6 heteroatoms. The summed E-state index contributed by atoms with van der Waals surface area (Å²) in [5.41, 5.74) is 8.23. The van der Waals surface area contributed by atoms with E-state index in [4.69, 9.17) is 10.5 Å². The summed E-state index contributed by atoms with van der Waals surface area (Å²) in [6.07, 6.45) is -0.653. The zero-order valence-corrected chi connectivity index (χ0v) is 13.1. The van der Waals surface area contributed by atoms with Gasteiger partial charge in [0.2, 0.25) is 0 Å². The smallest absolute Gasteiger partial charge is 0.142 e. The molecule has 5 nitrogen and oxygen atoms in total. The fourth-order valence-electron chi connectivity index (χ4n) is 1.90. The maximum atomic E-state index is 10.0. The highest BCUT2D eigenvalue weighted by Gasteiger charge is 2.13. The largest absolute Gasteiger partial charge is 0.489 e. The molecule has 0 saturated carbocycles. The van der Waals surface area contributed by atoms with Gasteiger partial charge in [-0.3, -0.25) is 4.68 Å². The van der Waals surface area contributed by atoms with Crippen LogP contribution in [0.4, 0.5) is 5.69 Å². The maximum Gasteiger partial charge on any atom is 0.142 e. The summed E-state index contributed by atoms with van der Waals surface area (Å²) in [6, 6.07) is 7.23. The van der Waals surface area contributed by atoms with Crippen LogP contribution in [-0.2, 0) is 6.54 Å². The molecular weight excluding hydrogens is 322 g/mol. The Kier molecular flexibility index (Phi) is 4.67. The van der Waals surface area contributed by atoms with Crippen molar-refractivity contribution in [1.82, 2.24) is 9.78 Å². The summed E-state index contributed by atoms with van der Waals surface area (Å²) in [6.45, 7) is 4.42. The van der Waals surface area contributed by atoms with Crippen LogP contribution in [0.1, 0.15) is 11.4 Å². The lowest BCUT2D eigenvalue weighted by atomic mass is 10.3. The highest BCUT2D eigenvalue weighted by molar-refractivity contribution is 9.10.